The van der Waals surface area contributed by atoms with Crippen LogP contribution in [0.3, 0.4) is 0 Å². The lowest BCUT2D eigenvalue weighted by Crippen LogP contribution is -2.06. The second-order valence-corrected chi connectivity index (χ2v) is 2.86. The van der Waals surface area contributed by atoms with E-state index in [-0.39, 0.29) is 11.3 Å². The summed E-state index contributed by atoms with van der Waals surface area (Å²) in [5, 5.41) is 9.51. The Kier molecular flexibility index (Phi) is 3.88. The molecule has 1 rings (SSSR count). The van der Waals surface area contributed by atoms with E-state index in [0.717, 1.165) is 14.2 Å². The summed E-state index contributed by atoms with van der Waals surface area (Å²) in [6.45, 7) is 0. The first-order chi connectivity index (χ1) is 7.61. The highest BCUT2D eigenvalue weighted by molar-refractivity contribution is 6.17. The molecule has 16 heavy (non-hydrogen) atoms. The van der Waals surface area contributed by atoms with Crippen LogP contribution in [-0.4, -0.2) is 25.3 Å². The molecule has 0 saturated heterocycles. The molecule has 1 aromatic rings. The number of para-hydroxylation sites is 1. The number of ether oxygens (including phenoxy) is 2. The monoisotopic (exact) mass is 226 g/mol. The summed E-state index contributed by atoms with van der Waals surface area (Å²) in [6.07, 6.45) is 0. The highest BCUT2D eigenvalue weighted by atomic mass is 19.1. The van der Waals surface area contributed by atoms with E-state index in [1.165, 1.54) is 12.1 Å². The molecule has 0 fully saturated rings. The van der Waals surface area contributed by atoms with E-state index in [9.17, 15) is 14.3 Å². The molecule has 0 heterocycles. The Hall–Kier alpha value is -2.04. The van der Waals surface area contributed by atoms with Gasteiger partial charge in [0.25, 0.3) is 6.01 Å². The average Bonchev–Trinajstić information content (AvgIpc) is 2.31. The molecule has 1 aromatic carbocycles. The van der Waals surface area contributed by atoms with Crippen LogP contribution in [0.5, 0.6) is 5.75 Å². The molecule has 0 aliphatic carbocycles. The first-order valence-corrected chi connectivity index (χ1v) is 4.42. The van der Waals surface area contributed by atoms with E-state index in [1.807, 2.05) is 0 Å². The van der Waals surface area contributed by atoms with E-state index >= 15 is 0 Å². The number of hydrogen-bond acceptors (Lipinski definition) is 4. The maximum Gasteiger partial charge on any atom is 0.344 e. The summed E-state index contributed by atoms with van der Waals surface area (Å²) in [5.41, 5.74) is -0.420. The molecule has 4 nitrogen and oxygen atoms in total. The summed E-state index contributed by atoms with van der Waals surface area (Å²) in [5.74, 6) is -1.14. The van der Waals surface area contributed by atoms with Gasteiger partial charge in [0.1, 0.15) is 11.3 Å². The lowest BCUT2D eigenvalue weighted by atomic mass is 10.1. The van der Waals surface area contributed by atoms with Crippen LogP contribution in [0.4, 0.5) is 4.39 Å². The molecule has 0 aliphatic rings. The third-order valence-corrected chi connectivity index (χ3v) is 1.94. The Morgan fingerprint density at radius 2 is 1.88 bits per heavy atom. The molecule has 0 saturated carbocycles. The lowest BCUT2D eigenvalue weighted by molar-refractivity contribution is -0.134. The van der Waals surface area contributed by atoms with Crippen molar-refractivity contribution in [2.24, 2.45) is 0 Å². The molecule has 0 aliphatic heterocycles. The van der Waals surface area contributed by atoms with Gasteiger partial charge in [-0.15, -0.1) is 0 Å². The van der Waals surface area contributed by atoms with E-state index in [4.69, 9.17) is 0 Å². The topological polar surface area (TPSA) is 55.8 Å². The summed E-state index contributed by atoms with van der Waals surface area (Å²) in [4.78, 5) is 11.4. The van der Waals surface area contributed by atoms with Crippen LogP contribution in [-0.2, 0) is 14.3 Å². The Balaban J connectivity index is 3.34. The van der Waals surface area contributed by atoms with Crippen molar-refractivity contribution in [3.05, 3.63) is 35.8 Å². The molecular weight excluding hydrogens is 215 g/mol. The molecule has 86 valence electrons. The van der Waals surface area contributed by atoms with Crippen molar-refractivity contribution >= 4 is 11.5 Å². The second-order valence-electron chi connectivity index (χ2n) is 2.86. The zero-order valence-electron chi connectivity index (χ0n) is 8.86. The van der Waals surface area contributed by atoms with Crippen LogP contribution in [0, 0.1) is 0 Å². The summed E-state index contributed by atoms with van der Waals surface area (Å²) < 4.78 is 22.1. The Morgan fingerprint density at radius 1 is 1.25 bits per heavy atom. The van der Waals surface area contributed by atoms with Gasteiger partial charge < -0.3 is 14.6 Å². The fraction of sp³-hybridized carbons (Fsp3) is 0.182. The normalized spacial score (nSPS) is 11.7. The van der Waals surface area contributed by atoms with Crippen LogP contribution in [0.1, 0.15) is 5.56 Å². The van der Waals surface area contributed by atoms with E-state index < -0.39 is 17.6 Å². The van der Waals surface area contributed by atoms with Gasteiger partial charge in [-0.3, -0.25) is 0 Å². The number of aromatic hydroxyl groups is 1. The molecule has 0 atom stereocenters. The van der Waals surface area contributed by atoms with Gasteiger partial charge in [-0.2, -0.15) is 4.39 Å². The SMILES string of the molecule is COC(=O)C(=C(F)OC)c1ccccc1O. The number of hydrogen-bond donors (Lipinski definition) is 1. The van der Waals surface area contributed by atoms with Gasteiger partial charge in [-0.05, 0) is 6.07 Å². The number of benzene rings is 1. The molecule has 5 heteroatoms. The molecule has 0 radical (unpaired) electrons. The number of carbonyl (C=O) groups is 1. The van der Waals surface area contributed by atoms with Crippen LogP contribution >= 0.6 is 0 Å². The fourth-order valence-corrected chi connectivity index (χ4v) is 1.19. The number of methoxy groups -OCH3 is 2. The molecule has 0 spiro atoms. The van der Waals surface area contributed by atoms with E-state index in [0.29, 0.717) is 0 Å². The van der Waals surface area contributed by atoms with Gasteiger partial charge in [-0.25, -0.2) is 4.79 Å². The number of phenols is 1. The van der Waals surface area contributed by atoms with Crippen LogP contribution in [0.25, 0.3) is 5.57 Å². The summed E-state index contributed by atoms with van der Waals surface area (Å²) >= 11 is 0. The third-order valence-electron chi connectivity index (χ3n) is 1.94. The van der Waals surface area contributed by atoms with E-state index in [2.05, 4.69) is 9.47 Å². The van der Waals surface area contributed by atoms with E-state index in [1.54, 1.807) is 12.1 Å². The minimum Gasteiger partial charge on any atom is -0.507 e. The van der Waals surface area contributed by atoms with Crippen LogP contribution in [0.2, 0.25) is 0 Å². The van der Waals surface area contributed by atoms with Gasteiger partial charge in [0, 0.05) is 5.56 Å². The summed E-state index contributed by atoms with van der Waals surface area (Å²) in [7, 11) is 2.20. The summed E-state index contributed by atoms with van der Waals surface area (Å²) in [6, 6.07) is 4.73. The third kappa shape index (κ3) is 2.31. The standard InChI is InChI=1S/C11H11FO4/c1-15-10(12)9(11(14)16-2)7-5-3-4-6-8(7)13/h3-6,13H,1-2H3. The Morgan fingerprint density at radius 3 is 2.38 bits per heavy atom. The minimum atomic E-state index is -1.10. The second kappa shape index (κ2) is 5.16. The quantitative estimate of drug-likeness (QED) is 0.485. The van der Waals surface area contributed by atoms with Crippen molar-refractivity contribution in [3.8, 4) is 5.75 Å². The molecule has 0 amide bonds. The van der Waals surface area contributed by atoms with Crippen LogP contribution < -0.4 is 0 Å². The average molecular weight is 226 g/mol. The molecule has 0 bridgehead atoms. The number of halogens is 1. The van der Waals surface area contributed by atoms with Crippen molar-refractivity contribution < 1.29 is 23.8 Å². The van der Waals surface area contributed by atoms with Gasteiger partial charge in [0.2, 0.25) is 0 Å². The first-order valence-electron chi connectivity index (χ1n) is 4.42. The number of carbonyl (C=O) groups excluding carboxylic acids is 1. The zero-order chi connectivity index (χ0) is 12.1. The van der Waals surface area contributed by atoms with Crippen LogP contribution in [0.15, 0.2) is 30.3 Å². The predicted octanol–water partition coefficient (Wildman–Crippen LogP) is 1.85. The first kappa shape index (κ1) is 12.0. The van der Waals surface area contributed by atoms with Gasteiger partial charge in [-0.1, -0.05) is 18.2 Å². The fourth-order valence-electron chi connectivity index (χ4n) is 1.19. The van der Waals surface area contributed by atoms with Crippen molar-refractivity contribution in [2.45, 2.75) is 0 Å². The maximum atomic E-state index is 13.3. The molecule has 0 unspecified atom stereocenters. The highest BCUT2D eigenvalue weighted by Crippen LogP contribution is 2.28. The largest absolute Gasteiger partial charge is 0.507 e. The molecular formula is C11H11FO4. The Bertz CT molecular complexity index is 426. The van der Waals surface area contributed by atoms with Gasteiger partial charge in [0.15, 0.2) is 0 Å². The number of phenolic OH excluding ortho intramolecular Hbond substituents is 1. The minimum absolute atomic E-state index is 0.0219. The maximum absolute atomic E-state index is 13.3. The molecule has 1 N–H and O–H groups in total. The van der Waals surface area contributed by atoms with Gasteiger partial charge >= 0.3 is 5.97 Å². The highest BCUT2D eigenvalue weighted by Gasteiger charge is 2.22. The smallest absolute Gasteiger partial charge is 0.344 e. The Labute approximate surface area is 91.9 Å². The van der Waals surface area contributed by atoms with Crippen molar-refractivity contribution in [1.82, 2.24) is 0 Å². The lowest BCUT2D eigenvalue weighted by Gasteiger charge is -2.08. The zero-order valence-corrected chi connectivity index (χ0v) is 8.86. The predicted molar refractivity (Wildman–Crippen MR) is 55.2 cm³/mol. The molecule has 0 aromatic heterocycles. The van der Waals surface area contributed by atoms with Gasteiger partial charge in [0.05, 0.1) is 14.2 Å². The van der Waals surface area contributed by atoms with Crippen molar-refractivity contribution in [3.63, 3.8) is 0 Å². The number of esters is 1. The van der Waals surface area contributed by atoms with Crippen molar-refractivity contribution in [1.29, 1.82) is 0 Å². The number of rotatable bonds is 3. The van der Waals surface area contributed by atoms with Crippen molar-refractivity contribution in [2.75, 3.05) is 14.2 Å².